The minimum atomic E-state index is -0.901. The number of nitrogens with zero attached hydrogens (tertiary/aromatic N) is 2. The highest BCUT2D eigenvalue weighted by Crippen LogP contribution is 2.53. The maximum Gasteiger partial charge on any atom is 0.0967 e. The number of unbranched alkanes of at least 4 members (excludes halogenated alkanes) is 2. The summed E-state index contributed by atoms with van der Waals surface area (Å²) in [6, 6.07) is 0. The van der Waals surface area contributed by atoms with Crippen LogP contribution in [0, 0.1) is 11.8 Å². The highest BCUT2D eigenvalue weighted by molar-refractivity contribution is 5.11. The quantitative estimate of drug-likeness (QED) is 0.225. The maximum atomic E-state index is 10.4. The molecule has 2 saturated heterocycles. The summed E-state index contributed by atoms with van der Waals surface area (Å²) in [4.78, 5) is 12.6. The van der Waals surface area contributed by atoms with E-state index in [-0.39, 0.29) is 40.9 Å². The van der Waals surface area contributed by atoms with Gasteiger partial charge in [-0.3, -0.25) is 9.68 Å². The Kier molecular flexibility index (Phi) is 11.1. The third-order valence-corrected chi connectivity index (χ3v) is 9.11. The molecule has 2 aliphatic rings. The Bertz CT molecular complexity index is 719. The van der Waals surface area contributed by atoms with Crippen molar-refractivity contribution in [1.82, 2.24) is 10.1 Å². The van der Waals surface area contributed by atoms with Crippen LogP contribution in [-0.2, 0) is 9.68 Å². The van der Waals surface area contributed by atoms with Crippen LogP contribution in [0.2, 0.25) is 0 Å². The van der Waals surface area contributed by atoms with E-state index in [4.69, 9.17) is 21.1 Å². The van der Waals surface area contributed by atoms with Gasteiger partial charge in [0.2, 0.25) is 0 Å². The second kappa shape index (κ2) is 12.4. The Balaban J connectivity index is 2.42. The van der Waals surface area contributed by atoms with Crippen molar-refractivity contribution in [3.63, 3.8) is 0 Å². The number of piperidine rings is 2. The molecular weight excluding hydrogens is 504 g/mol. The fraction of sp³-hybridized carbons (Fsp3) is 1.00. The Morgan fingerprint density at radius 2 is 0.975 bits per heavy atom. The van der Waals surface area contributed by atoms with Gasteiger partial charge in [0, 0.05) is 27.7 Å². The van der Waals surface area contributed by atoms with Crippen LogP contribution in [0.5, 0.6) is 0 Å². The molecule has 0 aromatic rings. The first-order valence-electron chi connectivity index (χ1n) is 15.7. The average Bonchev–Trinajstić information content (AvgIpc) is 2.71. The summed E-state index contributed by atoms with van der Waals surface area (Å²) in [6.07, 6.45) is 7.85. The molecule has 0 spiro atoms. The van der Waals surface area contributed by atoms with Crippen molar-refractivity contribution in [2.45, 2.75) is 173 Å². The lowest BCUT2D eigenvalue weighted by atomic mass is 9.57. The van der Waals surface area contributed by atoms with Crippen molar-refractivity contribution < 1.29 is 19.9 Å². The summed E-state index contributed by atoms with van der Waals surface area (Å²) in [7, 11) is 0. The van der Waals surface area contributed by atoms with Crippen LogP contribution in [0.15, 0.2) is 0 Å². The lowest BCUT2D eigenvalue weighted by Crippen LogP contribution is -2.70. The lowest BCUT2D eigenvalue weighted by molar-refractivity contribution is -0.314. The highest BCUT2D eigenvalue weighted by Gasteiger charge is 2.57. The van der Waals surface area contributed by atoms with Crippen molar-refractivity contribution in [1.29, 1.82) is 0 Å². The fourth-order valence-electron chi connectivity index (χ4n) is 7.92. The van der Waals surface area contributed by atoms with Crippen LogP contribution in [0.4, 0.5) is 0 Å². The number of rotatable bonds is 13. The molecule has 0 saturated carbocycles. The van der Waals surface area contributed by atoms with Crippen LogP contribution in [0.3, 0.4) is 0 Å². The van der Waals surface area contributed by atoms with Gasteiger partial charge in [-0.25, -0.2) is 0 Å². The molecule has 2 heterocycles. The van der Waals surface area contributed by atoms with E-state index < -0.39 is 11.2 Å². The molecule has 0 bridgehead atoms. The maximum absolute atomic E-state index is 10.4. The second-order valence-corrected chi connectivity index (χ2v) is 16.9. The summed E-state index contributed by atoms with van der Waals surface area (Å²) in [6.45, 7) is 26.4. The van der Waals surface area contributed by atoms with Crippen LogP contribution in [0.25, 0.3) is 0 Å². The van der Waals surface area contributed by atoms with E-state index in [1.807, 2.05) is 0 Å². The first kappa shape index (κ1) is 35.9. The highest BCUT2D eigenvalue weighted by atomic mass is 16.7. The molecule has 0 aromatic carbocycles. The van der Waals surface area contributed by atoms with E-state index in [9.17, 15) is 10.2 Å². The number of hydroxylamine groups is 4. The molecule has 238 valence electrons. The summed E-state index contributed by atoms with van der Waals surface area (Å²) < 4.78 is 0. The smallest absolute Gasteiger partial charge is 0.0967 e. The normalized spacial score (nSPS) is 24.9. The van der Waals surface area contributed by atoms with Gasteiger partial charge < -0.3 is 21.7 Å². The molecule has 0 unspecified atom stereocenters. The molecule has 8 heteroatoms. The van der Waals surface area contributed by atoms with Gasteiger partial charge in [0.15, 0.2) is 0 Å². The van der Waals surface area contributed by atoms with Crippen molar-refractivity contribution in [3.05, 3.63) is 0 Å². The number of hydrogen-bond acceptors (Lipinski definition) is 8. The molecule has 0 atom stereocenters. The molecule has 8 nitrogen and oxygen atoms in total. The number of aliphatic hydroxyl groups is 2. The third-order valence-electron chi connectivity index (χ3n) is 9.11. The predicted molar refractivity (Wildman–Crippen MR) is 164 cm³/mol. The first-order chi connectivity index (χ1) is 17.9. The molecule has 0 aliphatic carbocycles. The summed E-state index contributed by atoms with van der Waals surface area (Å²) in [5.74, 6) is 0.607. The van der Waals surface area contributed by atoms with E-state index >= 15 is 0 Å². The minimum Gasteiger partial charge on any atom is -0.388 e. The molecule has 0 radical (unpaired) electrons. The van der Waals surface area contributed by atoms with E-state index in [2.05, 4.69) is 65.5 Å². The molecule has 2 rings (SSSR count). The van der Waals surface area contributed by atoms with E-state index in [1.54, 1.807) is 27.7 Å². The largest absolute Gasteiger partial charge is 0.388 e. The SMILES string of the molecule is CC(C)(O)CON1C(C)(C)CC(C(N)(CCCCCN)C2CC(C)(C)N(OCC(C)(C)O)C(C)(C)C2)CC1(C)C. The topological polar surface area (TPSA) is 117 Å². The molecule has 2 fully saturated rings. The van der Waals surface area contributed by atoms with Gasteiger partial charge >= 0.3 is 0 Å². The van der Waals surface area contributed by atoms with E-state index in [0.29, 0.717) is 18.4 Å². The van der Waals surface area contributed by atoms with E-state index in [0.717, 1.165) is 51.4 Å². The molecule has 0 amide bonds. The van der Waals surface area contributed by atoms with Gasteiger partial charge in [-0.2, -0.15) is 10.1 Å². The third kappa shape index (κ3) is 9.09. The zero-order valence-electron chi connectivity index (χ0n) is 28.2. The Labute approximate surface area is 246 Å². The lowest BCUT2D eigenvalue weighted by Gasteiger charge is -2.62. The van der Waals surface area contributed by atoms with Crippen molar-refractivity contribution >= 4 is 0 Å². The van der Waals surface area contributed by atoms with Crippen molar-refractivity contribution in [3.8, 4) is 0 Å². The molecule has 0 aromatic heterocycles. The van der Waals surface area contributed by atoms with Gasteiger partial charge in [-0.05, 0) is 140 Å². The Hall–Kier alpha value is -0.320. The van der Waals surface area contributed by atoms with Gasteiger partial charge in [0.1, 0.15) is 0 Å². The Morgan fingerprint density at radius 3 is 1.25 bits per heavy atom. The van der Waals surface area contributed by atoms with Crippen molar-refractivity contribution in [2.75, 3.05) is 19.8 Å². The molecule has 40 heavy (non-hydrogen) atoms. The van der Waals surface area contributed by atoms with E-state index in [1.165, 1.54) is 0 Å². The minimum absolute atomic E-state index is 0.249. The zero-order chi connectivity index (χ0) is 31.0. The number of nitrogens with two attached hydrogens (primary N) is 2. The monoisotopic (exact) mass is 571 g/mol. The summed E-state index contributed by atoms with van der Waals surface area (Å²) >= 11 is 0. The second-order valence-electron chi connectivity index (χ2n) is 16.9. The van der Waals surface area contributed by atoms with Crippen LogP contribution < -0.4 is 11.5 Å². The van der Waals surface area contributed by atoms with Gasteiger partial charge in [-0.15, -0.1) is 0 Å². The van der Waals surface area contributed by atoms with Gasteiger partial charge in [0.05, 0.1) is 24.4 Å². The predicted octanol–water partition coefficient (Wildman–Crippen LogP) is 5.15. The fourth-order valence-corrected chi connectivity index (χ4v) is 7.92. The Morgan fingerprint density at radius 1 is 0.650 bits per heavy atom. The molecule has 2 aliphatic heterocycles. The average molecular weight is 571 g/mol. The van der Waals surface area contributed by atoms with Crippen molar-refractivity contribution in [2.24, 2.45) is 23.3 Å². The van der Waals surface area contributed by atoms with Crippen LogP contribution in [-0.4, -0.2) is 79.0 Å². The zero-order valence-corrected chi connectivity index (χ0v) is 28.2. The number of hydrogen-bond donors (Lipinski definition) is 4. The standard InChI is InChI=1S/C32H66N4O4/c1-26(2)18-24(19-27(3,4)35(26)39-22-30(9,10)37)32(34,16-14-13-15-17-33)25-20-28(5,6)36(29(7,8)21-25)40-23-31(11,12)38/h24-25,37-38H,13-23,33-34H2,1-12H3. The van der Waals surface area contributed by atoms with Crippen LogP contribution in [0.1, 0.15) is 134 Å². The van der Waals surface area contributed by atoms with Crippen LogP contribution >= 0.6 is 0 Å². The van der Waals surface area contributed by atoms with Gasteiger partial charge in [0.25, 0.3) is 0 Å². The molecule has 6 N–H and O–H groups in total. The summed E-state index contributed by atoms with van der Waals surface area (Å²) in [5.41, 5.74) is 10.5. The van der Waals surface area contributed by atoms with Gasteiger partial charge in [-0.1, -0.05) is 12.8 Å². The summed E-state index contributed by atoms with van der Waals surface area (Å²) in [5, 5.41) is 25.0. The first-order valence-corrected chi connectivity index (χ1v) is 15.7. The molecular formula is C32H66N4O4.